The number of pyridine rings is 1. The third-order valence-electron chi connectivity index (χ3n) is 4.10. The minimum Gasteiger partial charge on any atom is -0.396 e. The smallest absolute Gasteiger partial charge is 0.266 e. The van der Waals surface area contributed by atoms with Gasteiger partial charge in [0.1, 0.15) is 10.4 Å². The summed E-state index contributed by atoms with van der Waals surface area (Å²) in [4.78, 5) is 19.8. The van der Waals surface area contributed by atoms with Crippen LogP contribution in [-0.2, 0) is 0 Å². The van der Waals surface area contributed by atoms with E-state index in [-0.39, 0.29) is 18.0 Å². The van der Waals surface area contributed by atoms with Crippen molar-refractivity contribution in [2.45, 2.75) is 45.2 Å². The minimum atomic E-state index is 0.0604. The van der Waals surface area contributed by atoms with Gasteiger partial charge in [0, 0.05) is 18.3 Å². The summed E-state index contributed by atoms with van der Waals surface area (Å²) in [7, 11) is 0. The van der Waals surface area contributed by atoms with Gasteiger partial charge in [-0.15, -0.1) is 11.3 Å². The van der Waals surface area contributed by atoms with E-state index in [1.165, 1.54) is 17.8 Å². The average Bonchev–Trinajstić information content (AvgIpc) is 2.76. The van der Waals surface area contributed by atoms with Crippen molar-refractivity contribution in [1.82, 2.24) is 9.88 Å². The summed E-state index contributed by atoms with van der Waals surface area (Å²) in [5.74, 6) is 0.0604. The third-order valence-corrected chi connectivity index (χ3v) is 5.25. The van der Waals surface area contributed by atoms with Crippen LogP contribution in [0.15, 0.2) is 18.3 Å². The van der Waals surface area contributed by atoms with Crippen LogP contribution < -0.4 is 5.73 Å². The van der Waals surface area contributed by atoms with E-state index in [4.69, 9.17) is 5.73 Å². The number of hydrogen-bond donors (Lipinski definition) is 1. The Kier molecular flexibility index (Phi) is 3.38. The number of likely N-dealkylation sites (tertiary alicyclic amines) is 1. The number of carbonyl (C=O) groups is 1. The molecule has 0 aromatic carbocycles. The molecule has 2 atom stereocenters. The molecule has 20 heavy (non-hydrogen) atoms. The number of hydrogen-bond acceptors (Lipinski definition) is 4. The molecule has 0 aliphatic carbocycles. The van der Waals surface area contributed by atoms with Crippen LogP contribution in [0, 0.1) is 0 Å². The van der Waals surface area contributed by atoms with Crippen LogP contribution in [0.3, 0.4) is 0 Å². The van der Waals surface area contributed by atoms with Crippen LogP contribution in [0.4, 0.5) is 5.69 Å². The van der Waals surface area contributed by atoms with E-state index in [0.29, 0.717) is 10.6 Å². The zero-order valence-electron chi connectivity index (χ0n) is 11.8. The zero-order valence-corrected chi connectivity index (χ0v) is 12.6. The Labute approximate surface area is 122 Å². The molecule has 1 amide bonds. The molecule has 3 heterocycles. The van der Waals surface area contributed by atoms with E-state index in [1.807, 2.05) is 17.0 Å². The van der Waals surface area contributed by atoms with Gasteiger partial charge in [-0.05, 0) is 45.2 Å². The van der Waals surface area contributed by atoms with Crippen molar-refractivity contribution in [3.63, 3.8) is 0 Å². The first kappa shape index (κ1) is 13.4. The van der Waals surface area contributed by atoms with Crippen molar-refractivity contribution in [2.75, 3.05) is 5.73 Å². The standard InChI is InChI=1S/C15H19N3OS/c1-9-5-3-6-10(2)18(9)15(19)14-12(16)13-11(20-14)7-4-8-17-13/h4,7-10H,3,5-6,16H2,1-2H3/t9-,10+. The maximum absolute atomic E-state index is 12.8. The second kappa shape index (κ2) is 5.05. The summed E-state index contributed by atoms with van der Waals surface area (Å²) in [5.41, 5.74) is 7.41. The molecular weight excluding hydrogens is 270 g/mol. The van der Waals surface area contributed by atoms with Gasteiger partial charge in [0.05, 0.1) is 10.4 Å². The predicted octanol–water partition coefficient (Wildman–Crippen LogP) is 3.28. The second-order valence-corrected chi connectivity index (χ2v) is 6.59. The quantitative estimate of drug-likeness (QED) is 0.876. The number of amides is 1. The molecule has 106 valence electrons. The fourth-order valence-corrected chi connectivity index (χ4v) is 4.07. The molecule has 1 aliphatic rings. The lowest BCUT2D eigenvalue weighted by Crippen LogP contribution is -2.47. The molecule has 0 radical (unpaired) electrons. The first-order chi connectivity index (χ1) is 9.59. The number of fused-ring (bicyclic) bond motifs is 1. The van der Waals surface area contributed by atoms with Crippen molar-refractivity contribution in [1.29, 1.82) is 0 Å². The highest BCUT2D eigenvalue weighted by Crippen LogP contribution is 2.35. The SMILES string of the molecule is C[C@@H]1CCC[C@H](C)N1C(=O)c1sc2cccnc2c1N. The van der Waals surface area contributed by atoms with Gasteiger partial charge in [-0.3, -0.25) is 9.78 Å². The first-order valence-corrected chi connectivity index (χ1v) is 7.87. The van der Waals surface area contributed by atoms with Crippen molar-refractivity contribution >= 4 is 33.1 Å². The fraction of sp³-hybridized carbons (Fsp3) is 0.467. The number of nitrogen functional groups attached to an aromatic ring is 1. The Morgan fingerprint density at radius 1 is 1.40 bits per heavy atom. The molecule has 2 aromatic rings. The highest BCUT2D eigenvalue weighted by molar-refractivity contribution is 7.21. The van der Waals surface area contributed by atoms with E-state index in [2.05, 4.69) is 18.8 Å². The van der Waals surface area contributed by atoms with E-state index < -0.39 is 0 Å². The Morgan fingerprint density at radius 2 is 2.10 bits per heavy atom. The van der Waals surface area contributed by atoms with E-state index in [9.17, 15) is 4.79 Å². The lowest BCUT2D eigenvalue weighted by Gasteiger charge is -2.38. The van der Waals surface area contributed by atoms with Gasteiger partial charge in [-0.25, -0.2) is 0 Å². The number of piperidine rings is 1. The van der Waals surface area contributed by atoms with Crippen LogP contribution in [0.25, 0.3) is 10.2 Å². The molecule has 0 unspecified atom stereocenters. The van der Waals surface area contributed by atoms with Gasteiger partial charge in [0.15, 0.2) is 0 Å². The molecule has 2 aromatic heterocycles. The van der Waals surface area contributed by atoms with Crippen molar-refractivity contribution < 1.29 is 4.79 Å². The van der Waals surface area contributed by atoms with Crippen LogP contribution in [-0.4, -0.2) is 27.9 Å². The number of carbonyl (C=O) groups excluding carboxylic acids is 1. The van der Waals surface area contributed by atoms with Gasteiger partial charge in [0.2, 0.25) is 0 Å². The highest BCUT2D eigenvalue weighted by atomic mass is 32.1. The van der Waals surface area contributed by atoms with E-state index >= 15 is 0 Å². The summed E-state index contributed by atoms with van der Waals surface area (Å²) in [6, 6.07) is 4.40. The number of nitrogens with two attached hydrogens (primary N) is 1. The number of anilines is 1. The average molecular weight is 289 g/mol. The van der Waals surface area contributed by atoms with Gasteiger partial charge >= 0.3 is 0 Å². The fourth-order valence-electron chi connectivity index (χ4n) is 3.05. The van der Waals surface area contributed by atoms with Crippen LogP contribution in [0.1, 0.15) is 42.8 Å². The largest absolute Gasteiger partial charge is 0.396 e. The maximum Gasteiger partial charge on any atom is 0.266 e. The molecule has 2 N–H and O–H groups in total. The molecule has 0 saturated carbocycles. The topological polar surface area (TPSA) is 59.2 Å². The second-order valence-electron chi connectivity index (χ2n) is 5.54. The summed E-state index contributed by atoms with van der Waals surface area (Å²) in [6.45, 7) is 4.24. The van der Waals surface area contributed by atoms with Crippen molar-refractivity contribution in [3.8, 4) is 0 Å². The van der Waals surface area contributed by atoms with E-state index in [0.717, 1.165) is 23.1 Å². The molecule has 3 rings (SSSR count). The zero-order chi connectivity index (χ0) is 14.3. The lowest BCUT2D eigenvalue weighted by molar-refractivity contribution is 0.0517. The van der Waals surface area contributed by atoms with Gasteiger partial charge in [0.25, 0.3) is 5.91 Å². The Balaban J connectivity index is 2.01. The van der Waals surface area contributed by atoms with E-state index in [1.54, 1.807) is 6.20 Å². The number of thiophene rings is 1. The number of nitrogens with zero attached hydrogens (tertiary/aromatic N) is 2. The maximum atomic E-state index is 12.8. The van der Waals surface area contributed by atoms with Crippen LogP contribution >= 0.6 is 11.3 Å². The molecule has 4 nitrogen and oxygen atoms in total. The normalized spacial score (nSPS) is 23.2. The predicted molar refractivity (Wildman–Crippen MR) is 83.0 cm³/mol. The molecule has 0 bridgehead atoms. The monoisotopic (exact) mass is 289 g/mol. The Hall–Kier alpha value is -1.62. The number of aromatic nitrogens is 1. The Morgan fingerprint density at radius 3 is 2.75 bits per heavy atom. The Bertz CT molecular complexity index is 642. The van der Waals surface area contributed by atoms with Gasteiger partial charge in [-0.1, -0.05) is 0 Å². The lowest BCUT2D eigenvalue weighted by atomic mass is 9.97. The molecule has 0 spiro atoms. The minimum absolute atomic E-state index is 0.0604. The molecular formula is C15H19N3OS. The summed E-state index contributed by atoms with van der Waals surface area (Å²) in [6.07, 6.45) is 5.04. The van der Waals surface area contributed by atoms with Crippen molar-refractivity contribution in [2.24, 2.45) is 0 Å². The summed E-state index contributed by atoms with van der Waals surface area (Å²) >= 11 is 1.45. The van der Waals surface area contributed by atoms with Crippen molar-refractivity contribution in [3.05, 3.63) is 23.2 Å². The van der Waals surface area contributed by atoms with Crippen LogP contribution in [0.5, 0.6) is 0 Å². The highest BCUT2D eigenvalue weighted by Gasteiger charge is 2.32. The number of rotatable bonds is 1. The molecule has 5 heteroatoms. The molecule has 1 saturated heterocycles. The summed E-state index contributed by atoms with van der Waals surface area (Å²) < 4.78 is 0.977. The summed E-state index contributed by atoms with van der Waals surface area (Å²) in [5, 5.41) is 0. The third kappa shape index (κ3) is 2.06. The van der Waals surface area contributed by atoms with Gasteiger partial charge < -0.3 is 10.6 Å². The first-order valence-electron chi connectivity index (χ1n) is 7.05. The molecule has 1 aliphatic heterocycles. The van der Waals surface area contributed by atoms with Gasteiger partial charge in [-0.2, -0.15) is 0 Å². The van der Waals surface area contributed by atoms with Crippen LogP contribution in [0.2, 0.25) is 0 Å². The molecule has 1 fully saturated rings.